The Labute approximate surface area is 199 Å². The van der Waals surface area contributed by atoms with Crippen LogP contribution in [0.15, 0.2) is 36.4 Å². The summed E-state index contributed by atoms with van der Waals surface area (Å²) in [6, 6.07) is 7.09. The smallest absolute Gasteiger partial charge is 0.305 e. The van der Waals surface area contributed by atoms with E-state index in [2.05, 4.69) is 12.2 Å². The van der Waals surface area contributed by atoms with Crippen LogP contribution in [0.2, 0.25) is 0 Å². The predicted molar refractivity (Wildman–Crippen MR) is 132 cm³/mol. The normalized spacial score (nSPS) is 13.2. The summed E-state index contributed by atoms with van der Waals surface area (Å²) in [5, 5.41) is 0. The number of carbonyl (C=O) groups is 3. The van der Waals surface area contributed by atoms with Crippen LogP contribution in [-0.2, 0) is 9.53 Å². The average molecular weight is 456 g/mol. The molecule has 0 fully saturated rings. The Morgan fingerprint density at radius 3 is 1.79 bits per heavy atom. The number of esters is 1. The highest BCUT2D eigenvalue weighted by atomic mass is 16.5. The van der Waals surface area contributed by atoms with Crippen molar-refractivity contribution in [3.8, 4) is 0 Å². The van der Waals surface area contributed by atoms with E-state index in [1.807, 2.05) is 6.92 Å². The van der Waals surface area contributed by atoms with Gasteiger partial charge in [0.25, 0.3) is 11.8 Å². The minimum Gasteiger partial charge on any atom is -0.466 e. The molecule has 0 aromatic heterocycles. The fourth-order valence-electron chi connectivity index (χ4n) is 4.21. The van der Waals surface area contributed by atoms with E-state index in [1.165, 1.54) is 43.4 Å². The van der Waals surface area contributed by atoms with Gasteiger partial charge >= 0.3 is 5.97 Å². The van der Waals surface area contributed by atoms with Crippen molar-refractivity contribution in [3.63, 3.8) is 0 Å². The molecule has 33 heavy (non-hydrogen) atoms. The maximum atomic E-state index is 12.3. The van der Waals surface area contributed by atoms with Gasteiger partial charge in [0, 0.05) is 13.0 Å². The Morgan fingerprint density at radius 2 is 1.24 bits per heavy atom. The summed E-state index contributed by atoms with van der Waals surface area (Å²) in [5.41, 5.74) is 1.09. The Balaban J connectivity index is 1.36. The first-order chi connectivity index (χ1) is 16.1. The Bertz CT molecular complexity index is 736. The van der Waals surface area contributed by atoms with Gasteiger partial charge in [-0.25, -0.2) is 0 Å². The van der Waals surface area contributed by atoms with Gasteiger partial charge in [-0.1, -0.05) is 69.2 Å². The fraction of sp³-hybridized carbons (Fsp3) is 0.607. The monoisotopic (exact) mass is 455 g/mol. The number of allylic oxidation sites excluding steroid dienone is 2. The van der Waals surface area contributed by atoms with Crippen molar-refractivity contribution in [2.45, 2.75) is 96.8 Å². The molecule has 0 spiro atoms. The Morgan fingerprint density at radius 1 is 0.758 bits per heavy atom. The van der Waals surface area contributed by atoms with Crippen molar-refractivity contribution in [2.24, 2.45) is 0 Å². The molecule has 2 rings (SSSR count). The van der Waals surface area contributed by atoms with Crippen LogP contribution in [0.5, 0.6) is 0 Å². The molecule has 0 saturated heterocycles. The second-order valence-electron chi connectivity index (χ2n) is 8.80. The topological polar surface area (TPSA) is 63.7 Å². The minimum absolute atomic E-state index is 0.0678. The molecule has 1 aliphatic rings. The van der Waals surface area contributed by atoms with Crippen molar-refractivity contribution >= 4 is 17.8 Å². The van der Waals surface area contributed by atoms with Crippen LogP contribution < -0.4 is 0 Å². The molecule has 1 heterocycles. The second-order valence-corrected chi connectivity index (χ2v) is 8.80. The number of hydrogen-bond donors (Lipinski definition) is 0. The van der Waals surface area contributed by atoms with Crippen LogP contribution in [0.3, 0.4) is 0 Å². The summed E-state index contributed by atoms with van der Waals surface area (Å²) in [4.78, 5) is 37.3. The zero-order valence-electron chi connectivity index (χ0n) is 20.4. The third-order valence-corrected chi connectivity index (χ3v) is 6.10. The number of benzene rings is 1. The van der Waals surface area contributed by atoms with Gasteiger partial charge in [0.2, 0.25) is 0 Å². The SMILES string of the molecule is CCOC(=O)CCCCCCC/C=C\CCCCCCCCN1C(=O)c2ccccc2C1=O. The minimum atomic E-state index is -0.142. The quantitative estimate of drug-likeness (QED) is 0.105. The largest absolute Gasteiger partial charge is 0.466 e. The molecule has 0 radical (unpaired) electrons. The van der Waals surface area contributed by atoms with Crippen molar-refractivity contribution in [1.82, 2.24) is 4.90 Å². The lowest BCUT2D eigenvalue weighted by atomic mass is 10.1. The van der Waals surface area contributed by atoms with Crippen molar-refractivity contribution in [1.29, 1.82) is 0 Å². The highest BCUT2D eigenvalue weighted by Crippen LogP contribution is 2.23. The van der Waals surface area contributed by atoms with Crippen molar-refractivity contribution in [2.75, 3.05) is 13.2 Å². The number of ether oxygens (including phenoxy) is 1. The van der Waals surface area contributed by atoms with Crippen LogP contribution in [0.1, 0.15) is 118 Å². The number of fused-ring (bicyclic) bond motifs is 1. The third-order valence-electron chi connectivity index (χ3n) is 6.10. The first-order valence-corrected chi connectivity index (χ1v) is 12.9. The van der Waals surface area contributed by atoms with Crippen LogP contribution in [0.25, 0.3) is 0 Å². The van der Waals surface area contributed by atoms with E-state index in [0.29, 0.717) is 30.7 Å². The van der Waals surface area contributed by atoms with E-state index in [4.69, 9.17) is 4.74 Å². The van der Waals surface area contributed by atoms with Gasteiger partial charge in [-0.15, -0.1) is 0 Å². The van der Waals surface area contributed by atoms with E-state index >= 15 is 0 Å². The lowest BCUT2D eigenvalue weighted by molar-refractivity contribution is -0.143. The van der Waals surface area contributed by atoms with E-state index in [-0.39, 0.29) is 17.8 Å². The molecule has 182 valence electrons. The molecule has 1 aliphatic heterocycles. The highest BCUT2D eigenvalue weighted by molar-refractivity contribution is 6.21. The number of hydrogen-bond acceptors (Lipinski definition) is 4. The molecule has 5 nitrogen and oxygen atoms in total. The highest BCUT2D eigenvalue weighted by Gasteiger charge is 2.34. The number of rotatable bonds is 18. The molecule has 1 aromatic carbocycles. The van der Waals surface area contributed by atoms with Crippen LogP contribution in [0.4, 0.5) is 0 Å². The summed E-state index contributed by atoms with van der Waals surface area (Å²) in [6.07, 6.45) is 19.9. The number of amides is 2. The van der Waals surface area contributed by atoms with Gasteiger partial charge in [0.15, 0.2) is 0 Å². The zero-order chi connectivity index (χ0) is 23.7. The average Bonchev–Trinajstić information content (AvgIpc) is 3.06. The molecule has 0 aliphatic carbocycles. The van der Waals surface area contributed by atoms with Crippen molar-refractivity contribution < 1.29 is 19.1 Å². The summed E-state index contributed by atoms with van der Waals surface area (Å²) in [6.45, 7) is 2.85. The maximum absolute atomic E-state index is 12.3. The Hall–Kier alpha value is -2.43. The van der Waals surface area contributed by atoms with E-state index in [1.54, 1.807) is 24.3 Å². The predicted octanol–water partition coefficient (Wildman–Crippen LogP) is 6.86. The van der Waals surface area contributed by atoms with Crippen LogP contribution in [-0.4, -0.2) is 35.8 Å². The number of nitrogens with zero attached hydrogens (tertiary/aromatic N) is 1. The van der Waals surface area contributed by atoms with Gasteiger partial charge in [-0.3, -0.25) is 19.3 Å². The summed E-state index contributed by atoms with van der Waals surface area (Å²) in [7, 11) is 0. The molecule has 0 saturated carbocycles. The Kier molecular flexibility index (Phi) is 13.2. The maximum Gasteiger partial charge on any atom is 0.305 e. The van der Waals surface area contributed by atoms with Crippen molar-refractivity contribution in [3.05, 3.63) is 47.5 Å². The molecule has 5 heteroatoms. The molecule has 0 bridgehead atoms. The van der Waals surface area contributed by atoms with E-state index < -0.39 is 0 Å². The van der Waals surface area contributed by atoms with Gasteiger partial charge in [-0.2, -0.15) is 0 Å². The first kappa shape index (κ1) is 26.8. The molecule has 0 unspecified atom stereocenters. The van der Waals surface area contributed by atoms with E-state index in [9.17, 15) is 14.4 Å². The summed E-state index contributed by atoms with van der Waals surface area (Å²) in [5.74, 6) is -0.352. The number of unbranched alkanes of at least 4 members (excludes halogenated alkanes) is 11. The fourth-order valence-corrected chi connectivity index (χ4v) is 4.21. The standard InChI is InChI=1S/C28H41NO4/c1-2-33-26(30)22-16-14-12-10-8-6-4-3-5-7-9-11-13-15-19-23-29-27(31)24-20-17-18-21-25(24)28(29)32/h3-4,17-18,20-21H,2,5-16,19,22-23H2,1H3/b4-3-. The third kappa shape index (κ3) is 9.93. The second kappa shape index (κ2) is 16.2. The van der Waals surface area contributed by atoms with Gasteiger partial charge < -0.3 is 4.74 Å². The summed E-state index contributed by atoms with van der Waals surface area (Å²) >= 11 is 0. The number of carbonyl (C=O) groups excluding carboxylic acids is 3. The number of imide groups is 1. The van der Waals surface area contributed by atoms with Crippen LogP contribution >= 0.6 is 0 Å². The van der Waals surface area contributed by atoms with Crippen LogP contribution in [0, 0.1) is 0 Å². The molecule has 0 atom stereocenters. The first-order valence-electron chi connectivity index (χ1n) is 12.9. The van der Waals surface area contributed by atoms with Gasteiger partial charge in [0.1, 0.15) is 0 Å². The van der Waals surface area contributed by atoms with E-state index in [0.717, 1.165) is 44.9 Å². The molecule has 2 amide bonds. The zero-order valence-corrected chi connectivity index (χ0v) is 20.4. The molecule has 1 aromatic rings. The van der Waals surface area contributed by atoms with Gasteiger partial charge in [-0.05, 0) is 57.6 Å². The molecular formula is C28H41NO4. The molecular weight excluding hydrogens is 414 g/mol. The molecule has 0 N–H and O–H groups in total. The lowest BCUT2D eigenvalue weighted by Gasteiger charge is -2.13. The lowest BCUT2D eigenvalue weighted by Crippen LogP contribution is -2.30. The van der Waals surface area contributed by atoms with Gasteiger partial charge in [0.05, 0.1) is 17.7 Å². The summed E-state index contributed by atoms with van der Waals surface area (Å²) < 4.78 is 4.93.